The Morgan fingerprint density at radius 2 is 2.15 bits per heavy atom. The zero-order chi connectivity index (χ0) is 14.8. The highest BCUT2D eigenvalue weighted by Gasteiger charge is 2.23. The van der Waals surface area contributed by atoms with Gasteiger partial charge < -0.3 is 4.90 Å². The minimum absolute atomic E-state index is 0.0396. The highest BCUT2D eigenvalue weighted by atomic mass is 79.9. The smallest absolute Gasteiger partial charge is 0.208 e. The number of rotatable bonds is 3. The minimum atomic E-state index is -3.17. The van der Waals surface area contributed by atoms with Crippen LogP contribution in [-0.4, -0.2) is 38.8 Å². The molecule has 1 fully saturated rings. The minimum Gasteiger partial charge on any atom is -0.355 e. The number of pyridine rings is 1. The molecule has 0 spiro atoms. The van der Waals surface area contributed by atoms with Crippen LogP contribution in [0.25, 0.3) is 0 Å². The Balaban J connectivity index is 2.06. The van der Waals surface area contributed by atoms with Crippen LogP contribution in [0.4, 0.5) is 5.82 Å². The van der Waals surface area contributed by atoms with Crippen molar-refractivity contribution in [3.05, 3.63) is 22.3 Å². The number of hydrogen-bond donors (Lipinski definition) is 1. The second-order valence-corrected chi connectivity index (χ2v) is 7.48. The van der Waals surface area contributed by atoms with Gasteiger partial charge in [-0.25, -0.2) is 18.1 Å². The molecule has 0 aliphatic carbocycles. The predicted molar refractivity (Wildman–Crippen MR) is 79.9 cm³/mol. The second kappa shape index (κ2) is 6.08. The van der Waals surface area contributed by atoms with Crippen LogP contribution in [0, 0.1) is 11.3 Å². The molecule has 0 radical (unpaired) electrons. The standard InChI is InChI=1S/C12H15BrN4O2S/c1-20(18,19)16-11-2-4-17(5-3-11)12-9(7-14)6-10(13)8-15-12/h6,8,11,16H,2-5H2,1H3. The van der Waals surface area contributed by atoms with E-state index in [9.17, 15) is 8.42 Å². The van der Waals surface area contributed by atoms with Crippen LogP contribution in [0.15, 0.2) is 16.7 Å². The number of hydrogen-bond acceptors (Lipinski definition) is 5. The summed E-state index contributed by atoms with van der Waals surface area (Å²) < 4.78 is 25.8. The average molecular weight is 359 g/mol. The van der Waals surface area contributed by atoms with Gasteiger partial charge in [0, 0.05) is 29.8 Å². The quantitative estimate of drug-likeness (QED) is 0.878. The average Bonchev–Trinajstić information content (AvgIpc) is 2.38. The number of nitriles is 1. The molecule has 0 bridgehead atoms. The number of anilines is 1. The summed E-state index contributed by atoms with van der Waals surface area (Å²) in [5.74, 6) is 0.661. The van der Waals surface area contributed by atoms with E-state index in [4.69, 9.17) is 5.26 Å². The van der Waals surface area contributed by atoms with E-state index in [0.29, 0.717) is 37.3 Å². The number of nitrogens with one attached hydrogen (secondary N) is 1. The van der Waals surface area contributed by atoms with Crippen LogP contribution in [0.1, 0.15) is 18.4 Å². The molecule has 1 aromatic rings. The van der Waals surface area contributed by atoms with Gasteiger partial charge in [-0.3, -0.25) is 0 Å². The van der Waals surface area contributed by atoms with Gasteiger partial charge in [0.1, 0.15) is 11.9 Å². The molecule has 1 aromatic heterocycles. The fourth-order valence-electron chi connectivity index (χ4n) is 2.28. The fraction of sp³-hybridized carbons (Fsp3) is 0.500. The van der Waals surface area contributed by atoms with E-state index in [1.807, 2.05) is 4.90 Å². The third kappa shape index (κ3) is 3.91. The molecule has 1 saturated heterocycles. The highest BCUT2D eigenvalue weighted by molar-refractivity contribution is 9.10. The van der Waals surface area contributed by atoms with Crippen LogP contribution < -0.4 is 9.62 Å². The number of sulfonamides is 1. The molecule has 6 nitrogen and oxygen atoms in total. The molecule has 20 heavy (non-hydrogen) atoms. The maximum absolute atomic E-state index is 11.2. The van der Waals surface area contributed by atoms with Crippen molar-refractivity contribution in [3.8, 4) is 6.07 Å². The molecule has 0 aromatic carbocycles. The summed E-state index contributed by atoms with van der Waals surface area (Å²) in [6, 6.07) is 3.84. The van der Waals surface area contributed by atoms with Crippen LogP contribution in [0.3, 0.4) is 0 Å². The lowest BCUT2D eigenvalue weighted by Gasteiger charge is -2.33. The van der Waals surface area contributed by atoms with Gasteiger partial charge in [-0.15, -0.1) is 0 Å². The van der Waals surface area contributed by atoms with Crippen molar-refractivity contribution in [2.24, 2.45) is 0 Å². The zero-order valence-electron chi connectivity index (χ0n) is 11.0. The van der Waals surface area contributed by atoms with Crippen molar-refractivity contribution < 1.29 is 8.42 Å². The molecule has 0 saturated carbocycles. The normalized spacial score (nSPS) is 16.9. The molecule has 1 aliphatic rings. The number of piperidine rings is 1. The SMILES string of the molecule is CS(=O)(=O)NC1CCN(c2ncc(Br)cc2C#N)CC1. The van der Waals surface area contributed by atoms with Gasteiger partial charge in [-0.1, -0.05) is 0 Å². The summed E-state index contributed by atoms with van der Waals surface area (Å²) in [6.45, 7) is 1.35. The Morgan fingerprint density at radius 1 is 1.50 bits per heavy atom. The van der Waals surface area contributed by atoms with E-state index in [-0.39, 0.29) is 6.04 Å². The van der Waals surface area contributed by atoms with E-state index in [0.717, 1.165) is 4.47 Å². The maximum atomic E-state index is 11.2. The van der Waals surface area contributed by atoms with E-state index in [1.54, 1.807) is 12.3 Å². The molecule has 2 heterocycles. The lowest BCUT2D eigenvalue weighted by molar-refractivity contribution is 0.460. The second-order valence-electron chi connectivity index (χ2n) is 4.79. The summed E-state index contributed by atoms with van der Waals surface area (Å²) in [4.78, 5) is 6.31. The monoisotopic (exact) mass is 358 g/mol. The molecule has 1 aliphatic heterocycles. The first-order valence-corrected chi connectivity index (χ1v) is 8.85. The Kier molecular flexibility index (Phi) is 4.62. The number of aromatic nitrogens is 1. The van der Waals surface area contributed by atoms with E-state index >= 15 is 0 Å². The van der Waals surface area contributed by atoms with Gasteiger partial charge >= 0.3 is 0 Å². The number of nitrogens with zero attached hydrogens (tertiary/aromatic N) is 3. The molecular formula is C12H15BrN4O2S. The third-order valence-corrected chi connectivity index (χ3v) is 4.32. The molecule has 0 amide bonds. The topological polar surface area (TPSA) is 86.1 Å². The molecule has 2 rings (SSSR count). The van der Waals surface area contributed by atoms with Gasteiger partial charge in [0.05, 0.1) is 11.8 Å². The Bertz CT molecular complexity index is 633. The fourth-order valence-corrected chi connectivity index (χ4v) is 3.45. The van der Waals surface area contributed by atoms with Crippen molar-refractivity contribution in [3.63, 3.8) is 0 Å². The van der Waals surface area contributed by atoms with Gasteiger partial charge in [0.25, 0.3) is 0 Å². The Hall–Kier alpha value is -1.17. The first-order valence-electron chi connectivity index (χ1n) is 6.17. The molecule has 108 valence electrons. The van der Waals surface area contributed by atoms with Crippen molar-refractivity contribution >= 4 is 31.8 Å². The first-order chi connectivity index (χ1) is 9.39. The molecule has 8 heteroatoms. The third-order valence-electron chi connectivity index (χ3n) is 3.13. The van der Waals surface area contributed by atoms with Gasteiger partial charge in [-0.05, 0) is 34.8 Å². The van der Waals surface area contributed by atoms with Crippen molar-refractivity contribution in [1.29, 1.82) is 5.26 Å². The lowest BCUT2D eigenvalue weighted by Crippen LogP contribution is -2.44. The summed E-state index contributed by atoms with van der Waals surface area (Å²) in [7, 11) is -3.17. The van der Waals surface area contributed by atoms with Crippen molar-refractivity contribution in [2.75, 3.05) is 24.2 Å². The van der Waals surface area contributed by atoms with Crippen LogP contribution >= 0.6 is 15.9 Å². The summed E-state index contributed by atoms with van der Waals surface area (Å²) in [5.41, 5.74) is 0.522. The zero-order valence-corrected chi connectivity index (χ0v) is 13.4. The van der Waals surface area contributed by atoms with Gasteiger partial charge in [0.2, 0.25) is 10.0 Å². The van der Waals surface area contributed by atoms with Crippen molar-refractivity contribution in [1.82, 2.24) is 9.71 Å². The lowest BCUT2D eigenvalue weighted by atomic mass is 10.1. The molecular weight excluding hydrogens is 344 g/mol. The molecule has 1 N–H and O–H groups in total. The molecule has 0 unspecified atom stereocenters. The highest BCUT2D eigenvalue weighted by Crippen LogP contribution is 2.24. The first kappa shape index (κ1) is 15.2. The van der Waals surface area contributed by atoms with Crippen LogP contribution in [-0.2, 0) is 10.0 Å². The molecule has 0 atom stereocenters. The van der Waals surface area contributed by atoms with Gasteiger partial charge in [-0.2, -0.15) is 5.26 Å². The van der Waals surface area contributed by atoms with Crippen LogP contribution in [0.2, 0.25) is 0 Å². The largest absolute Gasteiger partial charge is 0.355 e. The van der Waals surface area contributed by atoms with E-state index < -0.39 is 10.0 Å². The number of halogens is 1. The van der Waals surface area contributed by atoms with E-state index in [2.05, 4.69) is 31.7 Å². The summed E-state index contributed by atoms with van der Waals surface area (Å²) in [5, 5.41) is 9.15. The summed E-state index contributed by atoms with van der Waals surface area (Å²) >= 11 is 3.29. The Labute approximate surface area is 127 Å². The summed E-state index contributed by atoms with van der Waals surface area (Å²) in [6.07, 6.45) is 4.24. The maximum Gasteiger partial charge on any atom is 0.208 e. The Morgan fingerprint density at radius 3 is 2.70 bits per heavy atom. The van der Waals surface area contributed by atoms with Crippen molar-refractivity contribution in [2.45, 2.75) is 18.9 Å². The van der Waals surface area contributed by atoms with Crippen LogP contribution in [0.5, 0.6) is 0 Å². The predicted octanol–water partition coefficient (Wildman–Crippen LogP) is 1.23. The van der Waals surface area contributed by atoms with E-state index in [1.165, 1.54) is 6.26 Å². The van der Waals surface area contributed by atoms with Gasteiger partial charge in [0.15, 0.2) is 0 Å².